The molecule has 0 bridgehead atoms. The van der Waals surface area contributed by atoms with E-state index in [1.165, 1.54) is 7.11 Å². The van der Waals surface area contributed by atoms with Crippen LogP contribution in [0, 0.1) is 0 Å². The van der Waals surface area contributed by atoms with Gasteiger partial charge in [0, 0.05) is 30.0 Å². The zero-order chi connectivity index (χ0) is 13.8. The average Bonchev–Trinajstić information content (AvgIpc) is 2.26. The second kappa shape index (κ2) is 5.86. The van der Waals surface area contributed by atoms with Gasteiger partial charge in [0.25, 0.3) is 0 Å². The molecule has 0 amide bonds. The second-order valence-corrected chi connectivity index (χ2v) is 6.37. The lowest BCUT2D eigenvalue weighted by atomic mass is 10.0. The Hall–Kier alpha value is -1.56. The van der Waals surface area contributed by atoms with Crippen LogP contribution in [-0.4, -0.2) is 33.3 Å². The lowest BCUT2D eigenvalue weighted by molar-refractivity contribution is 0.0983. The Balaban J connectivity index is 2.67. The number of benzene rings is 1. The first-order valence-corrected chi connectivity index (χ1v) is 7.54. The molecule has 0 radical (unpaired) electrons. The third-order valence-corrected chi connectivity index (χ3v) is 3.51. The Morgan fingerprint density at radius 2 is 2.06 bits per heavy atom. The van der Waals surface area contributed by atoms with Gasteiger partial charge in [-0.15, -0.1) is 0 Å². The minimum atomic E-state index is -3.03. The molecule has 0 saturated carbocycles. The molecule has 1 aromatic rings. The molecule has 0 aliphatic carbocycles. The molecule has 0 unspecified atom stereocenters. The normalized spacial score (nSPS) is 11.2. The van der Waals surface area contributed by atoms with Crippen molar-refractivity contribution >= 4 is 21.3 Å². The van der Waals surface area contributed by atoms with Crippen LogP contribution in [0.2, 0.25) is 0 Å². The van der Waals surface area contributed by atoms with Gasteiger partial charge in [-0.2, -0.15) is 0 Å². The largest absolute Gasteiger partial charge is 0.497 e. The summed E-state index contributed by atoms with van der Waals surface area (Å²) in [5.74, 6) is 0.438. The number of carbonyl (C=O) groups is 1. The fraction of sp³-hybridized carbons (Fsp3) is 0.417. The molecule has 0 aliphatic heterocycles. The van der Waals surface area contributed by atoms with Crippen molar-refractivity contribution in [1.29, 1.82) is 0 Å². The van der Waals surface area contributed by atoms with Crippen LogP contribution in [0.4, 0.5) is 5.69 Å². The highest BCUT2D eigenvalue weighted by molar-refractivity contribution is 7.90. The number of anilines is 1. The molecule has 18 heavy (non-hydrogen) atoms. The zero-order valence-corrected chi connectivity index (χ0v) is 11.3. The summed E-state index contributed by atoms with van der Waals surface area (Å²) in [7, 11) is -1.51. The molecule has 0 atom stereocenters. The van der Waals surface area contributed by atoms with Gasteiger partial charge in [-0.3, -0.25) is 4.79 Å². The second-order valence-electron chi connectivity index (χ2n) is 4.11. The number of sulfone groups is 1. The molecular weight excluding hydrogens is 254 g/mol. The lowest BCUT2D eigenvalue weighted by Crippen LogP contribution is -2.08. The summed E-state index contributed by atoms with van der Waals surface area (Å²) in [6.07, 6.45) is 1.63. The van der Waals surface area contributed by atoms with E-state index >= 15 is 0 Å². The number of ketones is 1. The molecule has 0 saturated heterocycles. The number of hydrogen-bond acceptors (Lipinski definition) is 5. The molecule has 0 aromatic heterocycles. The van der Waals surface area contributed by atoms with Gasteiger partial charge in [0.05, 0.1) is 12.9 Å². The molecule has 100 valence electrons. The van der Waals surface area contributed by atoms with Crippen LogP contribution in [0.25, 0.3) is 0 Å². The number of Topliss-reactive ketones (excluding diaryl/α,β-unsaturated/α-hetero) is 1. The van der Waals surface area contributed by atoms with Gasteiger partial charge < -0.3 is 10.5 Å². The molecule has 1 rings (SSSR count). The van der Waals surface area contributed by atoms with Crippen LogP contribution in [0.15, 0.2) is 18.2 Å². The monoisotopic (exact) mass is 271 g/mol. The highest BCUT2D eigenvalue weighted by Crippen LogP contribution is 2.21. The Bertz CT molecular complexity index is 537. The van der Waals surface area contributed by atoms with E-state index in [4.69, 9.17) is 10.5 Å². The number of nitrogen functional groups attached to an aromatic ring is 1. The summed E-state index contributed by atoms with van der Waals surface area (Å²) < 4.78 is 26.9. The molecule has 0 aliphatic rings. The van der Waals surface area contributed by atoms with Crippen molar-refractivity contribution in [3.8, 4) is 5.75 Å². The molecule has 2 N–H and O–H groups in total. The fourth-order valence-corrected chi connectivity index (χ4v) is 2.22. The number of nitrogens with two attached hydrogens (primary N) is 1. The molecule has 6 heteroatoms. The standard InChI is InChI=1S/C12H17NO4S/c1-17-9-5-6-10(11(13)8-9)12(14)4-3-7-18(2,15)16/h5-6,8H,3-4,7,13H2,1-2H3. The third-order valence-electron chi connectivity index (χ3n) is 2.48. The highest BCUT2D eigenvalue weighted by atomic mass is 32.2. The zero-order valence-electron chi connectivity index (χ0n) is 10.5. The first-order chi connectivity index (χ1) is 8.33. The van der Waals surface area contributed by atoms with E-state index in [-0.39, 0.29) is 18.0 Å². The predicted molar refractivity (Wildman–Crippen MR) is 70.7 cm³/mol. The summed E-state index contributed by atoms with van der Waals surface area (Å²) in [6.45, 7) is 0. The first kappa shape index (κ1) is 14.5. The summed E-state index contributed by atoms with van der Waals surface area (Å²) >= 11 is 0. The van der Waals surface area contributed by atoms with Crippen molar-refractivity contribution in [1.82, 2.24) is 0 Å². The Kier molecular flexibility index (Phi) is 4.72. The van der Waals surface area contributed by atoms with Crippen molar-refractivity contribution in [3.05, 3.63) is 23.8 Å². The summed E-state index contributed by atoms with van der Waals surface area (Å²) in [6, 6.07) is 4.82. The Morgan fingerprint density at radius 3 is 2.56 bits per heavy atom. The number of ether oxygens (including phenoxy) is 1. The van der Waals surface area contributed by atoms with Gasteiger partial charge in [-0.1, -0.05) is 0 Å². The van der Waals surface area contributed by atoms with E-state index in [9.17, 15) is 13.2 Å². The number of rotatable bonds is 6. The van der Waals surface area contributed by atoms with E-state index < -0.39 is 9.84 Å². The first-order valence-electron chi connectivity index (χ1n) is 5.48. The molecule has 0 fully saturated rings. The number of hydrogen-bond donors (Lipinski definition) is 1. The Labute approximate surface area is 107 Å². The van der Waals surface area contributed by atoms with E-state index in [1.807, 2.05) is 0 Å². The molecule has 1 aromatic carbocycles. The maximum atomic E-state index is 11.8. The molecule has 0 spiro atoms. The summed E-state index contributed by atoms with van der Waals surface area (Å²) in [4.78, 5) is 11.8. The predicted octanol–water partition coefficient (Wildman–Crippen LogP) is 1.28. The van der Waals surface area contributed by atoms with E-state index in [1.54, 1.807) is 18.2 Å². The van der Waals surface area contributed by atoms with E-state index in [2.05, 4.69) is 0 Å². The highest BCUT2D eigenvalue weighted by Gasteiger charge is 2.11. The molecule has 5 nitrogen and oxygen atoms in total. The van der Waals surface area contributed by atoms with Gasteiger partial charge in [-0.25, -0.2) is 8.42 Å². The van der Waals surface area contributed by atoms with Crippen molar-refractivity contribution in [2.24, 2.45) is 0 Å². The van der Waals surface area contributed by atoms with Gasteiger partial charge in [-0.05, 0) is 18.6 Å². The van der Waals surface area contributed by atoms with Crippen LogP contribution >= 0.6 is 0 Å². The van der Waals surface area contributed by atoms with E-state index in [0.29, 0.717) is 23.4 Å². The van der Waals surface area contributed by atoms with Crippen LogP contribution in [-0.2, 0) is 9.84 Å². The van der Waals surface area contributed by atoms with Crippen molar-refractivity contribution < 1.29 is 17.9 Å². The van der Waals surface area contributed by atoms with Crippen LogP contribution in [0.5, 0.6) is 5.75 Å². The van der Waals surface area contributed by atoms with Crippen molar-refractivity contribution in [2.75, 3.05) is 24.9 Å². The fourth-order valence-electron chi connectivity index (χ4n) is 1.55. The maximum absolute atomic E-state index is 11.8. The van der Waals surface area contributed by atoms with Crippen LogP contribution < -0.4 is 10.5 Å². The minimum absolute atomic E-state index is 0.00873. The van der Waals surface area contributed by atoms with Crippen LogP contribution in [0.3, 0.4) is 0 Å². The van der Waals surface area contributed by atoms with Crippen molar-refractivity contribution in [2.45, 2.75) is 12.8 Å². The van der Waals surface area contributed by atoms with E-state index in [0.717, 1.165) is 6.26 Å². The quantitative estimate of drug-likeness (QED) is 0.622. The maximum Gasteiger partial charge on any atom is 0.164 e. The number of methoxy groups -OCH3 is 1. The SMILES string of the molecule is COc1ccc(C(=O)CCCS(C)(=O)=O)c(N)c1. The topological polar surface area (TPSA) is 86.5 Å². The Morgan fingerprint density at radius 1 is 1.39 bits per heavy atom. The van der Waals surface area contributed by atoms with Gasteiger partial charge in [0.2, 0.25) is 0 Å². The smallest absolute Gasteiger partial charge is 0.164 e. The summed E-state index contributed by atoms with van der Waals surface area (Å²) in [5.41, 5.74) is 6.49. The van der Waals surface area contributed by atoms with Gasteiger partial charge in [0.1, 0.15) is 15.6 Å². The third kappa shape index (κ3) is 4.37. The number of carbonyl (C=O) groups excluding carboxylic acids is 1. The molecular formula is C12H17NO4S. The minimum Gasteiger partial charge on any atom is -0.497 e. The lowest BCUT2D eigenvalue weighted by Gasteiger charge is -2.06. The van der Waals surface area contributed by atoms with Gasteiger partial charge in [0.15, 0.2) is 5.78 Å². The average molecular weight is 271 g/mol. The summed E-state index contributed by atoms with van der Waals surface area (Å²) in [5, 5.41) is 0. The van der Waals surface area contributed by atoms with Crippen molar-refractivity contribution in [3.63, 3.8) is 0 Å². The molecule has 0 heterocycles. The van der Waals surface area contributed by atoms with Crippen LogP contribution in [0.1, 0.15) is 23.2 Å². The van der Waals surface area contributed by atoms with Gasteiger partial charge >= 0.3 is 0 Å².